The van der Waals surface area contributed by atoms with Gasteiger partial charge in [-0.05, 0) is 154 Å². The van der Waals surface area contributed by atoms with Crippen LogP contribution in [0.15, 0.2) is 152 Å². The molecule has 0 saturated carbocycles. The Labute approximate surface area is 488 Å². The third-order valence-electron chi connectivity index (χ3n) is 20.0. The molecule has 0 fully saturated rings. The molecule has 0 bridgehead atoms. The minimum atomic E-state index is -3.22. The molecule has 0 saturated heterocycles. The highest BCUT2D eigenvalue weighted by Gasteiger charge is 2.57. The largest absolute Gasteiger partial charge is 0.310 e. The van der Waals surface area contributed by atoms with E-state index in [9.17, 15) is 0 Å². The molecule has 0 atom stereocenters. The molecule has 4 aliphatic rings. The topological polar surface area (TPSA) is 9.86 Å². The molecule has 1 spiro atoms. The molecule has 0 amide bonds. The van der Waals surface area contributed by atoms with E-state index in [1.807, 2.05) is 0 Å². The van der Waals surface area contributed by atoms with Crippen LogP contribution in [0.5, 0.6) is 0 Å². The van der Waals surface area contributed by atoms with Crippen LogP contribution in [0.4, 0.5) is 0 Å². The lowest BCUT2D eigenvalue weighted by molar-refractivity contribution is 0.590. The average Bonchev–Trinajstić information content (AvgIpc) is 1.45. The van der Waals surface area contributed by atoms with E-state index in [2.05, 4.69) is 285 Å². The normalized spacial score (nSPS) is 15.0. The Hall–Kier alpha value is -7.14. The number of rotatable bonds is 2. The molecule has 6 heterocycles. The molecule has 4 heteroatoms. The molecule has 2 nitrogen and oxygen atoms in total. The first-order valence-electron chi connectivity index (χ1n) is 30.5. The zero-order chi connectivity index (χ0) is 57.7. The molecule has 9 aromatic carbocycles. The van der Waals surface area contributed by atoms with Gasteiger partial charge in [-0.1, -0.05) is 258 Å². The number of fused-ring (bicyclic) bond motifs is 13. The molecule has 0 N–H and O–H groups in total. The van der Waals surface area contributed by atoms with Crippen LogP contribution in [0, 0.1) is 0 Å². The van der Waals surface area contributed by atoms with Crippen molar-refractivity contribution in [1.29, 1.82) is 0 Å². The average molecular weight is 1080 g/mol. The SMILES string of the molecule is CC(C)(C)c1ccc(-c2c(-c3ccc(C(C)(C)C)cc3)n3c4c(cc5ccccc5c24)B2c4c-3ccc3c4-n4c5c2cc(C(C)(C)C)cc5c2cc(C(C)(C)C)cc(c24)[Si]32c3cc(C(C)(C)C)ccc3-c3ccc(C(C)(C)C)cc32)cc1. The van der Waals surface area contributed by atoms with Gasteiger partial charge in [0.05, 0.1) is 16.7 Å². The number of nitrogens with zero attached hydrogens (tertiary/aromatic N) is 2. The Bertz CT molecular complexity index is 4580. The Morgan fingerprint density at radius 2 is 0.829 bits per heavy atom. The summed E-state index contributed by atoms with van der Waals surface area (Å²) in [6.45, 7) is 43.0. The number of aromatic nitrogens is 2. The first-order valence-corrected chi connectivity index (χ1v) is 32.5. The van der Waals surface area contributed by atoms with Gasteiger partial charge < -0.3 is 9.13 Å². The van der Waals surface area contributed by atoms with Gasteiger partial charge in [0.15, 0.2) is 8.07 Å². The Kier molecular flexibility index (Phi) is 10.2. The Morgan fingerprint density at radius 3 is 1.38 bits per heavy atom. The van der Waals surface area contributed by atoms with Crippen LogP contribution >= 0.6 is 0 Å². The van der Waals surface area contributed by atoms with Gasteiger partial charge in [0.25, 0.3) is 6.71 Å². The van der Waals surface area contributed by atoms with E-state index in [0.717, 1.165) is 0 Å². The van der Waals surface area contributed by atoms with E-state index in [1.165, 1.54) is 143 Å². The van der Waals surface area contributed by atoms with Gasteiger partial charge in [0, 0.05) is 38.6 Å². The summed E-state index contributed by atoms with van der Waals surface area (Å²) < 4.78 is 5.63. The van der Waals surface area contributed by atoms with Crippen molar-refractivity contribution < 1.29 is 0 Å². The molecule has 0 aliphatic carbocycles. The van der Waals surface area contributed by atoms with Crippen molar-refractivity contribution in [2.24, 2.45) is 0 Å². The summed E-state index contributed by atoms with van der Waals surface area (Å²) in [4.78, 5) is 0. The highest BCUT2D eigenvalue weighted by atomic mass is 28.3. The zero-order valence-corrected chi connectivity index (χ0v) is 52.9. The molecular formula is C78H79BN2Si. The predicted molar refractivity (Wildman–Crippen MR) is 359 cm³/mol. The van der Waals surface area contributed by atoms with E-state index in [0.29, 0.717) is 0 Å². The van der Waals surface area contributed by atoms with E-state index >= 15 is 0 Å². The standard InChI is InChI=1S/C78H79BN2Si/c1-73(2,3)47-27-23-44(24-28-47)65-66-53-22-20-19-21-46(53)37-58-71(66)80(68(65)45-25-29-48(30-26-45)74(4,5)6)60-35-36-61-72-67(60)79(58)59-40-51(77(13,14)15)38-56-57-39-52(78(16,17)18)43-64(70(57)81(72)69(56)59)82(61)62-41-49(75(7,8)9)31-33-54(62)55-34-32-50(42-63(55)82)76(10,11)12/h19-43H,1-18H3. The molecule has 408 valence electrons. The summed E-state index contributed by atoms with van der Waals surface area (Å²) in [6.07, 6.45) is 0. The summed E-state index contributed by atoms with van der Waals surface area (Å²) in [7, 11) is -3.22. The van der Waals surface area contributed by atoms with Gasteiger partial charge in [-0.3, -0.25) is 0 Å². The van der Waals surface area contributed by atoms with E-state index in [1.54, 1.807) is 15.6 Å². The maximum atomic E-state index is 2.85. The monoisotopic (exact) mass is 1080 g/mol. The van der Waals surface area contributed by atoms with Crippen molar-refractivity contribution in [3.05, 3.63) is 185 Å². The van der Waals surface area contributed by atoms with Gasteiger partial charge in [0.1, 0.15) is 0 Å². The lowest BCUT2D eigenvalue weighted by atomic mass is 9.34. The highest BCUT2D eigenvalue weighted by Crippen LogP contribution is 2.50. The number of hydrogen-bond donors (Lipinski definition) is 0. The van der Waals surface area contributed by atoms with Crippen LogP contribution in [-0.4, -0.2) is 23.9 Å². The van der Waals surface area contributed by atoms with Crippen LogP contribution in [0.2, 0.25) is 0 Å². The molecule has 82 heavy (non-hydrogen) atoms. The van der Waals surface area contributed by atoms with Crippen LogP contribution in [0.3, 0.4) is 0 Å². The highest BCUT2D eigenvalue weighted by molar-refractivity contribution is 7.24. The molecule has 4 aliphatic heterocycles. The first kappa shape index (κ1) is 51.7. The van der Waals surface area contributed by atoms with Gasteiger partial charge in [-0.25, -0.2) is 0 Å². The smallest absolute Gasteiger partial charge is 0.252 e. The number of hydrogen-bond acceptors (Lipinski definition) is 0. The molecule has 2 aromatic heterocycles. The third kappa shape index (κ3) is 6.82. The second-order valence-corrected chi connectivity index (χ2v) is 35.1. The van der Waals surface area contributed by atoms with Gasteiger partial charge in [-0.15, -0.1) is 0 Å². The number of benzene rings is 9. The van der Waals surface area contributed by atoms with Crippen molar-refractivity contribution in [3.8, 4) is 44.9 Å². The first-order chi connectivity index (χ1) is 38.5. The van der Waals surface area contributed by atoms with Crippen molar-refractivity contribution in [2.75, 3.05) is 0 Å². The Morgan fingerprint density at radius 1 is 0.354 bits per heavy atom. The van der Waals surface area contributed by atoms with Crippen LogP contribution < -0.4 is 37.1 Å². The molecule has 0 unspecified atom stereocenters. The summed E-state index contributed by atoms with van der Waals surface area (Å²) in [6, 6.07) is 62.5. The van der Waals surface area contributed by atoms with Crippen molar-refractivity contribution >= 4 is 95.4 Å². The minimum absolute atomic E-state index is 0.0107. The van der Waals surface area contributed by atoms with Gasteiger partial charge in [-0.2, -0.15) is 0 Å². The van der Waals surface area contributed by atoms with E-state index in [4.69, 9.17) is 0 Å². The summed E-state index contributed by atoms with van der Waals surface area (Å²) in [5, 5.41) is 12.9. The maximum Gasteiger partial charge on any atom is 0.252 e. The molecular weight excluding hydrogens is 1000 g/mol. The third-order valence-corrected chi connectivity index (χ3v) is 24.9. The second kappa shape index (κ2) is 16.1. The second-order valence-electron chi connectivity index (χ2n) is 31.4. The van der Waals surface area contributed by atoms with Crippen molar-refractivity contribution in [2.45, 2.75) is 157 Å². The van der Waals surface area contributed by atoms with Crippen LogP contribution in [0.25, 0.3) is 88.4 Å². The fraction of sp³-hybridized carbons (Fsp3) is 0.308. The van der Waals surface area contributed by atoms with E-state index in [-0.39, 0.29) is 39.2 Å². The quantitative estimate of drug-likeness (QED) is 0.153. The lowest BCUT2D eigenvalue weighted by Gasteiger charge is -2.43. The summed E-state index contributed by atoms with van der Waals surface area (Å²) in [5.74, 6) is 0. The molecule has 11 aromatic rings. The summed E-state index contributed by atoms with van der Waals surface area (Å²) in [5.41, 5.74) is 27.1. The lowest BCUT2D eigenvalue weighted by Crippen LogP contribution is -2.77. The fourth-order valence-electron chi connectivity index (χ4n) is 15.5. The summed E-state index contributed by atoms with van der Waals surface area (Å²) >= 11 is 0. The van der Waals surface area contributed by atoms with Crippen molar-refractivity contribution in [1.82, 2.24) is 9.13 Å². The predicted octanol–water partition coefficient (Wildman–Crippen LogP) is 15.8. The molecule has 0 radical (unpaired) electrons. The van der Waals surface area contributed by atoms with Crippen LogP contribution in [-0.2, 0) is 32.5 Å². The minimum Gasteiger partial charge on any atom is -0.310 e. The van der Waals surface area contributed by atoms with Crippen LogP contribution in [0.1, 0.15) is 158 Å². The van der Waals surface area contributed by atoms with Gasteiger partial charge >= 0.3 is 0 Å². The van der Waals surface area contributed by atoms with Gasteiger partial charge in [0.2, 0.25) is 0 Å². The maximum absolute atomic E-state index is 3.22. The molecule has 15 rings (SSSR count). The fourth-order valence-corrected chi connectivity index (χ4v) is 21.1. The zero-order valence-electron chi connectivity index (χ0n) is 51.9. The Balaban J connectivity index is 1.20. The van der Waals surface area contributed by atoms with Crippen molar-refractivity contribution in [3.63, 3.8) is 0 Å². The van der Waals surface area contributed by atoms with E-state index < -0.39 is 8.07 Å².